The summed E-state index contributed by atoms with van der Waals surface area (Å²) in [6.07, 6.45) is 0.363. The summed E-state index contributed by atoms with van der Waals surface area (Å²) < 4.78 is 16.3. The van der Waals surface area contributed by atoms with E-state index in [2.05, 4.69) is 4.90 Å². The monoisotopic (exact) mass is 418 g/mol. The Labute approximate surface area is 176 Å². The number of carbonyl (C=O) groups excluding carboxylic acids is 1. The van der Waals surface area contributed by atoms with Crippen molar-refractivity contribution in [2.75, 3.05) is 47.0 Å². The number of nitrogens with zero attached hydrogens (tertiary/aromatic N) is 2. The molecule has 29 heavy (non-hydrogen) atoms. The average molecular weight is 419 g/mol. The lowest BCUT2D eigenvalue weighted by Gasteiger charge is -2.34. The maximum Gasteiger partial charge on any atom is 0.226 e. The zero-order valence-electron chi connectivity index (χ0n) is 16.9. The van der Waals surface area contributed by atoms with Gasteiger partial charge < -0.3 is 19.1 Å². The largest absolute Gasteiger partial charge is 0.493 e. The molecule has 0 spiro atoms. The Kier molecular flexibility index (Phi) is 7.61. The summed E-state index contributed by atoms with van der Waals surface area (Å²) >= 11 is 5.94. The van der Waals surface area contributed by atoms with Gasteiger partial charge in [-0.25, -0.2) is 0 Å². The van der Waals surface area contributed by atoms with E-state index in [1.54, 1.807) is 26.4 Å². The van der Waals surface area contributed by atoms with Crippen LogP contribution in [-0.2, 0) is 11.3 Å². The second kappa shape index (κ2) is 10.4. The van der Waals surface area contributed by atoms with Gasteiger partial charge in [0, 0.05) is 37.7 Å². The van der Waals surface area contributed by atoms with Crippen LogP contribution >= 0.6 is 11.6 Å². The fourth-order valence-corrected chi connectivity index (χ4v) is 3.54. The minimum Gasteiger partial charge on any atom is -0.493 e. The first-order chi connectivity index (χ1) is 14.1. The summed E-state index contributed by atoms with van der Waals surface area (Å²) in [5.74, 6) is 2.27. The number of hydrogen-bond donors (Lipinski definition) is 0. The van der Waals surface area contributed by atoms with Crippen molar-refractivity contribution in [1.29, 1.82) is 0 Å². The molecule has 0 unspecified atom stereocenters. The Hall–Kier alpha value is -2.44. The number of ether oxygens (including phenoxy) is 3. The van der Waals surface area contributed by atoms with E-state index in [9.17, 15) is 4.79 Å². The molecule has 1 amide bonds. The molecule has 156 valence electrons. The molecular weight excluding hydrogens is 392 g/mol. The third-order valence-electron chi connectivity index (χ3n) is 4.96. The molecular formula is C22H27ClN2O4. The van der Waals surface area contributed by atoms with Gasteiger partial charge in [0.15, 0.2) is 11.5 Å². The van der Waals surface area contributed by atoms with Crippen LogP contribution in [0.2, 0.25) is 5.02 Å². The smallest absolute Gasteiger partial charge is 0.226 e. The highest BCUT2D eigenvalue weighted by atomic mass is 35.5. The van der Waals surface area contributed by atoms with Crippen LogP contribution < -0.4 is 14.2 Å². The van der Waals surface area contributed by atoms with Gasteiger partial charge in [0.25, 0.3) is 0 Å². The van der Waals surface area contributed by atoms with Crippen LogP contribution in [0.5, 0.6) is 17.2 Å². The van der Waals surface area contributed by atoms with Crippen molar-refractivity contribution in [3.8, 4) is 17.2 Å². The number of hydrogen-bond acceptors (Lipinski definition) is 5. The predicted molar refractivity (Wildman–Crippen MR) is 113 cm³/mol. The van der Waals surface area contributed by atoms with E-state index in [0.717, 1.165) is 49.8 Å². The van der Waals surface area contributed by atoms with Crippen molar-refractivity contribution in [2.24, 2.45) is 0 Å². The molecule has 0 radical (unpaired) electrons. The highest BCUT2D eigenvalue weighted by Gasteiger charge is 2.21. The zero-order valence-corrected chi connectivity index (χ0v) is 17.7. The second-order valence-electron chi connectivity index (χ2n) is 6.90. The van der Waals surface area contributed by atoms with E-state index in [1.165, 1.54) is 0 Å². The van der Waals surface area contributed by atoms with Crippen LogP contribution in [0.3, 0.4) is 0 Å². The molecule has 0 aliphatic carbocycles. The molecule has 6 nitrogen and oxygen atoms in total. The number of rotatable bonds is 8. The summed E-state index contributed by atoms with van der Waals surface area (Å²) in [6, 6.07) is 13.2. The third-order valence-corrected chi connectivity index (χ3v) is 5.19. The molecule has 0 atom stereocenters. The van der Waals surface area contributed by atoms with E-state index in [-0.39, 0.29) is 5.91 Å². The molecule has 0 aromatic heterocycles. The van der Waals surface area contributed by atoms with Crippen LogP contribution in [-0.4, -0.2) is 62.7 Å². The van der Waals surface area contributed by atoms with Gasteiger partial charge in [-0.1, -0.05) is 23.7 Å². The lowest BCUT2D eigenvalue weighted by molar-refractivity contribution is -0.133. The molecule has 1 aliphatic rings. The molecule has 3 rings (SSSR count). The van der Waals surface area contributed by atoms with Crippen LogP contribution in [0.15, 0.2) is 42.5 Å². The van der Waals surface area contributed by atoms with Crippen LogP contribution in [0, 0.1) is 0 Å². The Morgan fingerprint density at radius 3 is 2.45 bits per heavy atom. The van der Waals surface area contributed by atoms with Crippen molar-refractivity contribution in [3.63, 3.8) is 0 Å². The van der Waals surface area contributed by atoms with Gasteiger partial charge in [-0.15, -0.1) is 0 Å². The summed E-state index contributed by atoms with van der Waals surface area (Å²) in [4.78, 5) is 16.7. The fraction of sp³-hybridized carbons (Fsp3) is 0.409. The average Bonchev–Trinajstić information content (AvgIpc) is 2.74. The molecule has 7 heteroatoms. The topological polar surface area (TPSA) is 51.2 Å². The SMILES string of the molecule is COc1ccc(CN2CCN(C(=O)CCOc3cccc(Cl)c3)CC2)cc1OC. The molecule has 1 heterocycles. The molecule has 0 bridgehead atoms. The molecule has 1 saturated heterocycles. The first-order valence-electron chi connectivity index (χ1n) is 9.68. The quantitative estimate of drug-likeness (QED) is 0.657. The van der Waals surface area contributed by atoms with Crippen LogP contribution in [0.4, 0.5) is 0 Å². The first-order valence-corrected chi connectivity index (χ1v) is 10.1. The highest BCUT2D eigenvalue weighted by Crippen LogP contribution is 2.28. The van der Waals surface area contributed by atoms with E-state index in [4.69, 9.17) is 25.8 Å². The Morgan fingerprint density at radius 1 is 1.00 bits per heavy atom. The molecule has 2 aromatic rings. The summed E-state index contributed by atoms with van der Waals surface area (Å²) in [5, 5.41) is 0.624. The van der Waals surface area contributed by atoms with Gasteiger partial charge in [-0.05, 0) is 35.9 Å². The van der Waals surface area contributed by atoms with E-state index < -0.39 is 0 Å². The van der Waals surface area contributed by atoms with Crippen LogP contribution in [0.1, 0.15) is 12.0 Å². The maximum absolute atomic E-state index is 12.4. The number of halogens is 1. The predicted octanol–water partition coefficient (Wildman–Crippen LogP) is 3.47. The summed E-state index contributed by atoms with van der Waals surface area (Å²) in [6.45, 7) is 4.31. The second-order valence-corrected chi connectivity index (χ2v) is 7.34. The van der Waals surface area contributed by atoms with Crippen molar-refractivity contribution in [1.82, 2.24) is 9.80 Å². The van der Waals surface area contributed by atoms with Crippen molar-refractivity contribution in [2.45, 2.75) is 13.0 Å². The minimum absolute atomic E-state index is 0.123. The standard InChI is InChI=1S/C22H27ClN2O4/c1-27-20-7-6-17(14-21(20)28-2)16-24-9-11-25(12-10-24)22(26)8-13-29-19-5-3-4-18(23)15-19/h3-7,14-15H,8-13,16H2,1-2H3. The first kappa shape index (κ1) is 21.3. The van der Waals surface area contributed by atoms with Gasteiger partial charge in [-0.3, -0.25) is 9.69 Å². The van der Waals surface area contributed by atoms with Gasteiger partial charge in [0.05, 0.1) is 27.2 Å². The van der Waals surface area contributed by atoms with Crippen molar-refractivity contribution in [3.05, 3.63) is 53.1 Å². The van der Waals surface area contributed by atoms with Crippen molar-refractivity contribution >= 4 is 17.5 Å². The van der Waals surface area contributed by atoms with Gasteiger partial charge in [0.2, 0.25) is 5.91 Å². The normalized spacial score (nSPS) is 14.5. The zero-order chi connectivity index (χ0) is 20.6. The van der Waals surface area contributed by atoms with Gasteiger partial charge in [0.1, 0.15) is 5.75 Å². The Bertz CT molecular complexity index is 822. The summed E-state index contributed by atoms with van der Waals surface area (Å²) in [7, 11) is 3.27. The molecule has 1 fully saturated rings. The van der Waals surface area contributed by atoms with Gasteiger partial charge >= 0.3 is 0 Å². The third kappa shape index (κ3) is 6.02. The molecule has 0 N–H and O–H groups in total. The van der Waals surface area contributed by atoms with Crippen LogP contribution in [0.25, 0.3) is 0 Å². The van der Waals surface area contributed by atoms with E-state index in [0.29, 0.717) is 23.8 Å². The van der Waals surface area contributed by atoms with Gasteiger partial charge in [-0.2, -0.15) is 0 Å². The summed E-state index contributed by atoms with van der Waals surface area (Å²) in [5.41, 5.74) is 1.16. The minimum atomic E-state index is 0.123. The molecule has 2 aromatic carbocycles. The Balaban J connectivity index is 1.42. The molecule has 0 saturated carbocycles. The Morgan fingerprint density at radius 2 is 1.76 bits per heavy atom. The number of carbonyl (C=O) groups is 1. The number of amides is 1. The lowest BCUT2D eigenvalue weighted by Crippen LogP contribution is -2.48. The number of methoxy groups -OCH3 is 2. The maximum atomic E-state index is 12.4. The van der Waals surface area contributed by atoms with Crippen molar-refractivity contribution < 1.29 is 19.0 Å². The lowest BCUT2D eigenvalue weighted by atomic mass is 10.1. The highest BCUT2D eigenvalue weighted by molar-refractivity contribution is 6.30. The van der Waals surface area contributed by atoms with E-state index >= 15 is 0 Å². The fourth-order valence-electron chi connectivity index (χ4n) is 3.36. The number of piperazine rings is 1. The molecule has 1 aliphatic heterocycles. The van der Waals surface area contributed by atoms with E-state index in [1.807, 2.05) is 35.2 Å². The number of benzene rings is 2.